The summed E-state index contributed by atoms with van der Waals surface area (Å²) < 4.78 is 66.7. The normalized spacial score (nSPS) is 19.5. The number of hydrogen-bond donors (Lipinski definition) is 3. The number of amides is 2. The number of aromatic nitrogens is 2. The average Bonchev–Trinajstić information content (AvgIpc) is 3.67. The highest BCUT2D eigenvalue weighted by Crippen LogP contribution is 2.55. The van der Waals surface area contributed by atoms with Crippen molar-refractivity contribution in [1.29, 1.82) is 0 Å². The summed E-state index contributed by atoms with van der Waals surface area (Å²) in [7, 11) is 0. The Balaban J connectivity index is 1.41. The number of rotatable bonds is 9. The number of carbonyl (C=O) groups is 2. The quantitative estimate of drug-likeness (QED) is 0.232. The number of nitrogens with one attached hydrogen (secondary N) is 1. The van der Waals surface area contributed by atoms with Crippen LogP contribution >= 0.6 is 0 Å². The number of nitrogens with two attached hydrogens (primary N) is 1. The second kappa shape index (κ2) is 10.7. The van der Waals surface area contributed by atoms with Crippen LogP contribution in [0.15, 0.2) is 54.7 Å². The van der Waals surface area contributed by atoms with Crippen molar-refractivity contribution in [3.05, 3.63) is 82.9 Å². The minimum Gasteiger partial charge on any atom is -0.489 e. The van der Waals surface area contributed by atoms with Gasteiger partial charge in [0.15, 0.2) is 11.4 Å². The summed E-state index contributed by atoms with van der Waals surface area (Å²) in [5.74, 6) is -2.22. The predicted octanol–water partition coefficient (Wildman–Crippen LogP) is 4.60. The van der Waals surface area contributed by atoms with Crippen LogP contribution in [0.5, 0.6) is 11.5 Å². The van der Waals surface area contributed by atoms with Gasteiger partial charge in [-0.2, -0.15) is 8.78 Å². The third-order valence-electron chi connectivity index (χ3n) is 8.46. The van der Waals surface area contributed by atoms with Gasteiger partial charge in [-0.1, -0.05) is 0 Å². The summed E-state index contributed by atoms with van der Waals surface area (Å²) in [6.07, 6.45) is 1.36. The second-order valence-electron chi connectivity index (χ2n) is 11.7. The van der Waals surface area contributed by atoms with Gasteiger partial charge in [-0.3, -0.25) is 14.6 Å². The third-order valence-corrected chi connectivity index (χ3v) is 8.46. The Labute approximate surface area is 254 Å². The Hall–Kier alpha value is -4.78. The van der Waals surface area contributed by atoms with Crippen molar-refractivity contribution in [2.24, 2.45) is 5.73 Å². The molecule has 234 valence electrons. The summed E-state index contributed by atoms with van der Waals surface area (Å²) in [6, 6.07) is 10.7. The second-order valence-corrected chi connectivity index (χ2v) is 11.7. The van der Waals surface area contributed by atoms with Crippen LogP contribution in [-0.2, 0) is 15.8 Å². The summed E-state index contributed by atoms with van der Waals surface area (Å²) in [5, 5.41) is 14.9. The van der Waals surface area contributed by atoms with Gasteiger partial charge >= 0.3 is 6.61 Å². The Morgan fingerprint density at radius 2 is 1.89 bits per heavy atom. The molecule has 0 spiro atoms. The fourth-order valence-corrected chi connectivity index (χ4v) is 5.56. The number of halogens is 4. The molecule has 1 unspecified atom stereocenters. The molecule has 0 radical (unpaired) electrons. The Morgan fingerprint density at radius 3 is 2.53 bits per heavy atom. The summed E-state index contributed by atoms with van der Waals surface area (Å²) >= 11 is 0. The molecule has 13 heteroatoms. The third kappa shape index (κ3) is 5.20. The van der Waals surface area contributed by atoms with E-state index in [0.29, 0.717) is 16.5 Å². The molecule has 0 bridgehead atoms. The zero-order chi connectivity index (χ0) is 32.3. The van der Waals surface area contributed by atoms with Gasteiger partial charge in [0.1, 0.15) is 40.5 Å². The fraction of sp³-hybridized carbons (Fsp3) is 0.312. The van der Waals surface area contributed by atoms with E-state index in [0.717, 1.165) is 6.07 Å². The lowest BCUT2D eigenvalue weighted by Gasteiger charge is -2.33. The van der Waals surface area contributed by atoms with Gasteiger partial charge in [0.25, 0.3) is 5.91 Å². The van der Waals surface area contributed by atoms with Crippen LogP contribution in [0.3, 0.4) is 0 Å². The van der Waals surface area contributed by atoms with Crippen LogP contribution in [0, 0.1) is 12.7 Å². The molecule has 1 aliphatic heterocycles. The molecule has 2 aliphatic rings. The number of aliphatic hydroxyl groups is 1. The first kappa shape index (κ1) is 30.3. The van der Waals surface area contributed by atoms with E-state index < -0.39 is 47.5 Å². The molecule has 2 aromatic carbocycles. The first-order valence-electron chi connectivity index (χ1n) is 14.0. The SMILES string of the molecule is Cc1cnc2c(OC(F)F)cc(C(=O)NCC(O)(c3cc4c(c(-c5ccc(F)cc5)n3)OC[C@]4(C)C(N)=O)C3(F)CC3)cc2c1. The molecule has 2 atom stereocenters. The van der Waals surface area contributed by atoms with E-state index in [1.165, 1.54) is 49.5 Å². The number of hydrogen-bond acceptors (Lipinski definition) is 7. The number of pyridine rings is 2. The van der Waals surface area contributed by atoms with Crippen LogP contribution in [-0.4, -0.2) is 52.3 Å². The van der Waals surface area contributed by atoms with Crippen LogP contribution in [0.1, 0.15) is 46.9 Å². The topological polar surface area (TPSA) is 137 Å². The van der Waals surface area contributed by atoms with Crippen molar-refractivity contribution in [1.82, 2.24) is 15.3 Å². The number of alkyl halides is 3. The van der Waals surface area contributed by atoms with E-state index in [4.69, 9.17) is 10.5 Å². The first-order chi connectivity index (χ1) is 21.2. The minimum atomic E-state index is -3.18. The van der Waals surface area contributed by atoms with Gasteiger partial charge < -0.3 is 25.6 Å². The molecule has 1 saturated carbocycles. The van der Waals surface area contributed by atoms with Gasteiger partial charge in [0.2, 0.25) is 5.91 Å². The van der Waals surface area contributed by atoms with E-state index >= 15 is 4.39 Å². The van der Waals surface area contributed by atoms with Crippen LogP contribution in [0.4, 0.5) is 17.6 Å². The van der Waals surface area contributed by atoms with E-state index in [1.807, 2.05) is 0 Å². The fourth-order valence-electron chi connectivity index (χ4n) is 5.56. The Morgan fingerprint density at radius 1 is 1.18 bits per heavy atom. The van der Waals surface area contributed by atoms with Crippen LogP contribution in [0.25, 0.3) is 22.2 Å². The molecular weight excluding hydrogens is 596 g/mol. The number of ether oxygens (including phenoxy) is 2. The Kier molecular flexibility index (Phi) is 7.18. The largest absolute Gasteiger partial charge is 0.489 e. The molecular formula is C32H28F4N4O5. The highest BCUT2D eigenvalue weighted by Gasteiger charge is 2.62. The zero-order valence-electron chi connectivity index (χ0n) is 24.2. The van der Waals surface area contributed by atoms with Crippen molar-refractivity contribution in [2.75, 3.05) is 13.2 Å². The maximum atomic E-state index is 16.1. The van der Waals surface area contributed by atoms with Gasteiger partial charge in [0.05, 0.1) is 12.2 Å². The van der Waals surface area contributed by atoms with Crippen molar-refractivity contribution in [2.45, 2.75) is 50.0 Å². The van der Waals surface area contributed by atoms with Crippen molar-refractivity contribution >= 4 is 22.7 Å². The number of aryl methyl sites for hydroxylation is 1. The number of fused-ring (bicyclic) bond motifs is 2. The number of benzene rings is 2. The highest BCUT2D eigenvalue weighted by molar-refractivity contribution is 6.00. The Bertz CT molecular complexity index is 1850. The van der Waals surface area contributed by atoms with Crippen molar-refractivity contribution in [3.8, 4) is 22.8 Å². The van der Waals surface area contributed by atoms with E-state index in [9.17, 15) is 27.9 Å². The van der Waals surface area contributed by atoms with Crippen molar-refractivity contribution in [3.63, 3.8) is 0 Å². The molecule has 6 rings (SSSR count). The van der Waals surface area contributed by atoms with Crippen molar-refractivity contribution < 1.29 is 41.7 Å². The molecule has 3 heterocycles. The molecule has 2 amide bonds. The highest BCUT2D eigenvalue weighted by atomic mass is 19.3. The lowest BCUT2D eigenvalue weighted by molar-refractivity contribution is -0.123. The maximum Gasteiger partial charge on any atom is 0.387 e. The molecule has 4 N–H and O–H groups in total. The lowest BCUT2D eigenvalue weighted by atomic mass is 9.80. The predicted molar refractivity (Wildman–Crippen MR) is 154 cm³/mol. The average molecular weight is 625 g/mol. The zero-order valence-corrected chi connectivity index (χ0v) is 24.2. The maximum absolute atomic E-state index is 16.1. The van der Waals surface area contributed by atoms with Gasteiger partial charge in [-0.25, -0.2) is 13.8 Å². The first-order valence-corrected chi connectivity index (χ1v) is 14.0. The number of nitrogens with zero attached hydrogens (tertiary/aromatic N) is 2. The van der Waals surface area contributed by atoms with Gasteiger partial charge in [-0.15, -0.1) is 0 Å². The summed E-state index contributed by atoms with van der Waals surface area (Å²) in [4.78, 5) is 34.6. The lowest BCUT2D eigenvalue weighted by Crippen LogP contribution is -2.49. The number of primary amides is 1. The molecule has 4 aromatic rings. The van der Waals surface area contributed by atoms with Gasteiger partial charge in [-0.05, 0) is 80.8 Å². The van der Waals surface area contributed by atoms with Gasteiger partial charge in [0, 0.05) is 28.3 Å². The number of carbonyl (C=O) groups excluding carboxylic acids is 2. The molecule has 45 heavy (non-hydrogen) atoms. The molecule has 0 saturated heterocycles. The minimum absolute atomic E-state index is 0.0547. The van der Waals surface area contributed by atoms with Crippen LogP contribution in [0.2, 0.25) is 0 Å². The monoisotopic (exact) mass is 624 g/mol. The van der Waals surface area contributed by atoms with Crippen LogP contribution < -0.4 is 20.5 Å². The van der Waals surface area contributed by atoms with E-state index in [-0.39, 0.29) is 59.0 Å². The summed E-state index contributed by atoms with van der Waals surface area (Å²) in [6.45, 7) is -0.733. The smallest absolute Gasteiger partial charge is 0.387 e. The molecule has 1 aliphatic carbocycles. The molecule has 1 fully saturated rings. The van der Waals surface area contributed by atoms with E-state index in [1.54, 1.807) is 13.0 Å². The molecule has 2 aromatic heterocycles. The molecule has 9 nitrogen and oxygen atoms in total. The summed E-state index contributed by atoms with van der Waals surface area (Å²) in [5.41, 5.74) is 0.986. The standard InChI is InChI=1S/C32H28F4N4O5/c1-16-9-18-10-19(11-22(45-29(34)35)24(18)38-13-16)27(41)39-14-32(43,31(36)7-8-31)23-12-21-26(44-15-30(21,2)28(37)42)25(40-23)17-3-5-20(33)6-4-17/h3-6,9-13,29,43H,7-8,14-15H2,1-2H3,(H2,37,42)(H,39,41)/t30-,32?/m0/s1. The van der Waals surface area contributed by atoms with E-state index in [2.05, 4.69) is 20.0 Å².